The quantitative estimate of drug-likeness (QED) is 0.496. The first-order valence-electron chi connectivity index (χ1n) is 12.4. The SMILES string of the molecule is COc1cccc(CNC(=O)c2cc(-c3nnn(C[C@@H]4CN(C(=O)OC(C)(C)C)CCO4)n3)cc(C)n2)c1. The molecule has 12 heteroatoms. The summed E-state index contributed by atoms with van der Waals surface area (Å²) in [6.07, 6.45) is -0.682. The van der Waals surface area contributed by atoms with Crippen LogP contribution in [0.15, 0.2) is 36.4 Å². The van der Waals surface area contributed by atoms with Crippen molar-refractivity contribution in [1.82, 2.24) is 35.4 Å². The van der Waals surface area contributed by atoms with E-state index in [4.69, 9.17) is 14.2 Å². The summed E-state index contributed by atoms with van der Waals surface area (Å²) in [5.41, 5.74) is 1.86. The fourth-order valence-electron chi connectivity index (χ4n) is 3.91. The van der Waals surface area contributed by atoms with Gasteiger partial charge in [-0.25, -0.2) is 9.78 Å². The number of aryl methyl sites for hydroxylation is 1. The van der Waals surface area contributed by atoms with Crippen molar-refractivity contribution in [3.63, 3.8) is 0 Å². The zero-order valence-corrected chi connectivity index (χ0v) is 22.3. The summed E-state index contributed by atoms with van der Waals surface area (Å²) >= 11 is 0. The van der Waals surface area contributed by atoms with Crippen LogP contribution in [0, 0.1) is 6.92 Å². The van der Waals surface area contributed by atoms with Crippen molar-refractivity contribution in [2.24, 2.45) is 0 Å². The van der Waals surface area contributed by atoms with Gasteiger partial charge < -0.3 is 24.4 Å². The van der Waals surface area contributed by atoms with Crippen LogP contribution in [-0.2, 0) is 22.6 Å². The average molecular weight is 524 g/mol. The number of hydrogen-bond donors (Lipinski definition) is 1. The summed E-state index contributed by atoms with van der Waals surface area (Å²) in [6, 6.07) is 10.9. The maximum absolute atomic E-state index is 12.8. The molecule has 202 valence electrons. The summed E-state index contributed by atoms with van der Waals surface area (Å²) < 4.78 is 16.5. The fourth-order valence-corrected chi connectivity index (χ4v) is 3.91. The van der Waals surface area contributed by atoms with Gasteiger partial charge >= 0.3 is 6.09 Å². The van der Waals surface area contributed by atoms with Crippen molar-refractivity contribution >= 4 is 12.0 Å². The second-order valence-electron chi connectivity index (χ2n) is 10.0. The Morgan fingerprint density at radius 2 is 2.03 bits per heavy atom. The number of nitrogens with one attached hydrogen (secondary N) is 1. The van der Waals surface area contributed by atoms with Crippen LogP contribution in [0.2, 0.25) is 0 Å². The van der Waals surface area contributed by atoms with Gasteiger partial charge in [0.1, 0.15) is 17.0 Å². The molecule has 2 aromatic heterocycles. The van der Waals surface area contributed by atoms with Crippen LogP contribution in [0.25, 0.3) is 11.4 Å². The Labute approximate surface area is 221 Å². The highest BCUT2D eigenvalue weighted by molar-refractivity contribution is 5.93. The lowest BCUT2D eigenvalue weighted by molar-refractivity contribution is -0.0497. The number of methoxy groups -OCH3 is 1. The molecule has 0 radical (unpaired) electrons. The molecule has 12 nitrogen and oxygen atoms in total. The van der Waals surface area contributed by atoms with E-state index in [-0.39, 0.29) is 23.8 Å². The number of aromatic nitrogens is 5. The normalized spacial score (nSPS) is 15.7. The Bertz CT molecular complexity index is 1290. The van der Waals surface area contributed by atoms with Gasteiger partial charge in [-0.15, -0.1) is 10.2 Å². The van der Waals surface area contributed by atoms with Crippen LogP contribution >= 0.6 is 0 Å². The second-order valence-corrected chi connectivity index (χ2v) is 10.0. The smallest absolute Gasteiger partial charge is 0.410 e. The van der Waals surface area contributed by atoms with Gasteiger partial charge in [0.05, 0.1) is 32.9 Å². The Balaban J connectivity index is 1.39. The zero-order chi connectivity index (χ0) is 27.3. The maximum atomic E-state index is 12.8. The molecule has 0 bridgehead atoms. The van der Waals surface area contributed by atoms with Gasteiger partial charge in [0.15, 0.2) is 0 Å². The molecule has 3 aromatic rings. The molecular weight excluding hydrogens is 490 g/mol. The molecule has 1 aliphatic heterocycles. The van der Waals surface area contributed by atoms with Crippen LogP contribution in [0.3, 0.4) is 0 Å². The van der Waals surface area contributed by atoms with Crippen molar-refractivity contribution in [2.75, 3.05) is 26.8 Å². The third-order valence-corrected chi connectivity index (χ3v) is 5.64. The molecule has 0 spiro atoms. The lowest BCUT2D eigenvalue weighted by atomic mass is 10.1. The molecule has 2 amide bonds. The molecular formula is C26H33N7O5. The van der Waals surface area contributed by atoms with E-state index in [1.807, 2.05) is 45.0 Å². The third kappa shape index (κ3) is 7.25. The van der Waals surface area contributed by atoms with E-state index in [1.54, 1.807) is 31.1 Å². The van der Waals surface area contributed by atoms with Gasteiger partial charge in [-0.1, -0.05) is 12.1 Å². The number of amides is 2. The van der Waals surface area contributed by atoms with Crippen LogP contribution in [-0.4, -0.2) is 80.6 Å². The number of nitrogens with zero attached hydrogens (tertiary/aromatic N) is 6. The second kappa shape index (κ2) is 11.5. The lowest BCUT2D eigenvalue weighted by Gasteiger charge is -2.33. The number of carbonyl (C=O) groups excluding carboxylic acids is 2. The van der Waals surface area contributed by atoms with Crippen molar-refractivity contribution in [1.29, 1.82) is 0 Å². The molecule has 0 aliphatic carbocycles. The minimum atomic E-state index is -0.569. The van der Waals surface area contributed by atoms with Gasteiger partial charge in [-0.05, 0) is 62.7 Å². The summed E-state index contributed by atoms with van der Waals surface area (Å²) in [5.74, 6) is 0.762. The monoisotopic (exact) mass is 523 g/mol. The van der Waals surface area contributed by atoms with Crippen molar-refractivity contribution in [3.8, 4) is 17.1 Å². The molecule has 1 atom stereocenters. The van der Waals surface area contributed by atoms with E-state index in [2.05, 4.69) is 25.7 Å². The van der Waals surface area contributed by atoms with Crippen molar-refractivity contribution < 1.29 is 23.8 Å². The maximum Gasteiger partial charge on any atom is 0.410 e. The molecule has 0 unspecified atom stereocenters. The minimum absolute atomic E-state index is 0.253. The van der Waals surface area contributed by atoms with Gasteiger partial charge in [-0.3, -0.25) is 4.79 Å². The Morgan fingerprint density at radius 3 is 2.79 bits per heavy atom. The van der Waals surface area contributed by atoms with Crippen LogP contribution in [0.1, 0.15) is 42.5 Å². The Hall–Kier alpha value is -4.06. The highest BCUT2D eigenvalue weighted by Crippen LogP contribution is 2.18. The first kappa shape index (κ1) is 27.0. The van der Waals surface area contributed by atoms with E-state index in [0.29, 0.717) is 49.9 Å². The molecule has 1 N–H and O–H groups in total. The van der Waals surface area contributed by atoms with Crippen LogP contribution < -0.4 is 10.1 Å². The average Bonchev–Trinajstić information content (AvgIpc) is 3.34. The van der Waals surface area contributed by atoms with Crippen molar-refractivity contribution in [3.05, 3.63) is 53.3 Å². The number of hydrogen-bond acceptors (Lipinski definition) is 9. The Morgan fingerprint density at radius 1 is 1.21 bits per heavy atom. The summed E-state index contributed by atoms with van der Waals surface area (Å²) in [4.78, 5) is 32.7. The van der Waals surface area contributed by atoms with E-state index < -0.39 is 5.60 Å². The molecule has 1 aliphatic rings. The number of tetrazole rings is 1. The summed E-state index contributed by atoms with van der Waals surface area (Å²) in [7, 11) is 1.60. The molecule has 1 fully saturated rings. The van der Waals surface area contributed by atoms with E-state index >= 15 is 0 Å². The molecule has 1 saturated heterocycles. The fraction of sp³-hybridized carbons (Fsp3) is 0.462. The standard InChI is InChI=1S/C26H33N7O5/c1-17-11-19(13-22(28-17)24(34)27-14-18-7-6-8-20(12-18)36-5)23-29-31-33(30-23)16-21-15-32(9-10-37-21)25(35)38-26(2,3)4/h6-8,11-13,21H,9-10,14-16H2,1-5H3,(H,27,34)/t21-/m0/s1. The molecule has 4 rings (SSSR count). The number of morpholine rings is 1. The highest BCUT2D eigenvalue weighted by atomic mass is 16.6. The predicted molar refractivity (Wildman–Crippen MR) is 137 cm³/mol. The predicted octanol–water partition coefficient (Wildman–Crippen LogP) is 2.62. The van der Waals surface area contributed by atoms with E-state index in [0.717, 1.165) is 11.3 Å². The minimum Gasteiger partial charge on any atom is -0.497 e. The van der Waals surface area contributed by atoms with E-state index in [1.165, 1.54) is 4.80 Å². The Kier molecular flexibility index (Phi) is 8.20. The third-order valence-electron chi connectivity index (χ3n) is 5.64. The summed E-state index contributed by atoms with van der Waals surface area (Å²) in [6.45, 7) is 9.15. The van der Waals surface area contributed by atoms with Gasteiger partial charge in [-0.2, -0.15) is 4.80 Å². The number of rotatable bonds is 7. The van der Waals surface area contributed by atoms with Crippen LogP contribution in [0.5, 0.6) is 5.75 Å². The lowest BCUT2D eigenvalue weighted by Crippen LogP contribution is -2.48. The van der Waals surface area contributed by atoms with E-state index in [9.17, 15) is 9.59 Å². The first-order chi connectivity index (χ1) is 18.1. The zero-order valence-electron chi connectivity index (χ0n) is 22.3. The number of benzene rings is 1. The number of carbonyl (C=O) groups is 2. The molecule has 3 heterocycles. The molecule has 38 heavy (non-hydrogen) atoms. The van der Waals surface area contributed by atoms with Crippen LogP contribution in [0.4, 0.5) is 4.79 Å². The number of ether oxygens (including phenoxy) is 3. The van der Waals surface area contributed by atoms with Crippen molar-refractivity contribution in [2.45, 2.75) is 52.5 Å². The number of pyridine rings is 1. The highest BCUT2D eigenvalue weighted by Gasteiger charge is 2.29. The largest absolute Gasteiger partial charge is 0.497 e. The summed E-state index contributed by atoms with van der Waals surface area (Å²) in [5, 5.41) is 15.6. The van der Waals surface area contributed by atoms with Gasteiger partial charge in [0, 0.05) is 24.3 Å². The van der Waals surface area contributed by atoms with Gasteiger partial charge in [0.25, 0.3) is 5.91 Å². The molecule has 0 saturated carbocycles. The topological polar surface area (TPSA) is 134 Å². The van der Waals surface area contributed by atoms with Gasteiger partial charge in [0.2, 0.25) is 5.82 Å². The first-order valence-corrected chi connectivity index (χ1v) is 12.4. The molecule has 1 aromatic carbocycles.